The highest BCUT2D eigenvalue weighted by molar-refractivity contribution is 14.0. The number of halogens is 1. The second-order valence-corrected chi connectivity index (χ2v) is 5.14. The van der Waals surface area contributed by atoms with Crippen LogP contribution in [0.15, 0.2) is 9.52 Å². The summed E-state index contributed by atoms with van der Waals surface area (Å²) in [4.78, 5) is 16.2. The average molecular weight is 451 g/mol. The van der Waals surface area contributed by atoms with Gasteiger partial charge in [-0.2, -0.15) is 0 Å². The molecular formula is C16H30IN5O2. The minimum Gasteiger partial charge on any atom is -0.361 e. The first-order chi connectivity index (χ1) is 11.2. The first-order valence-corrected chi connectivity index (χ1v) is 8.41. The third-order valence-electron chi connectivity index (χ3n) is 3.34. The van der Waals surface area contributed by atoms with Gasteiger partial charge in [0.15, 0.2) is 5.96 Å². The molecule has 1 aromatic rings. The summed E-state index contributed by atoms with van der Waals surface area (Å²) >= 11 is 0. The lowest BCUT2D eigenvalue weighted by Gasteiger charge is -2.11. The fraction of sp³-hybridized carbons (Fsp3) is 0.688. The summed E-state index contributed by atoms with van der Waals surface area (Å²) in [5.41, 5.74) is 1.99. The average Bonchev–Trinajstić information content (AvgIpc) is 2.97. The monoisotopic (exact) mass is 451 g/mol. The van der Waals surface area contributed by atoms with Crippen molar-refractivity contribution in [3.05, 3.63) is 17.0 Å². The maximum Gasteiger partial charge on any atom is 0.239 e. The number of aromatic nitrogens is 1. The number of hydrogen-bond donors (Lipinski definition) is 3. The Labute approximate surface area is 161 Å². The van der Waals surface area contributed by atoms with E-state index in [0.29, 0.717) is 19.0 Å². The van der Waals surface area contributed by atoms with Gasteiger partial charge in [0.1, 0.15) is 5.76 Å². The molecule has 0 atom stereocenters. The fourth-order valence-electron chi connectivity index (χ4n) is 2.11. The number of aliphatic imine (C=N–C) groups is 1. The summed E-state index contributed by atoms with van der Waals surface area (Å²) < 4.78 is 5.35. The largest absolute Gasteiger partial charge is 0.361 e. The number of nitrogens with zero attached hydrogens (tertiary/aromatic N) is 2. The zero-order valence-corrected chi connectivity index (χ0v) is 17.4. The fourth-order valence-corrected chi connectivity index (χ4v) is 2.11. The molecule has 138 valence electrons. The van der Waals surface area contributed by atoms with E-state index < -0.39 is 0 Å². The molecule has 1 heterocycles. The second-order valence-electron chi connectivity index (χ2n) is 5.14. The molecule has 1 rings (SSSR count). The van der Waals surface area contributed by atoms with Gasteiger partial charge in [0.25, 0.3) is 0 Å². The van der Waals surface area contributed by atoms with E-state index in [9.17, 15) is 4.79 Å². The van der Waals surface area contributed by atoms with Gasteiger partial charge in [0, 0.05) is 25.1 Å². The van der Waals surface area contributed by atoms with Crippen LogP contribution < -0.4 is 16.0 Å². The van der Waals surface area contributed by atoms with Gasteiger partial charge in [-0.3, -0.25) is 4.79 Å². The molecule has 24 heavy (non-hydrogen) atoms. The highest BCUT2D eigenvalue weighted by Crippen LogP contribution is 2.16. The number of hydrogen-bond acceptors (Lipinski definition) is 4. The molecule has 0 bridgehead atoms. The van der Waals surface area contributed by atoms with Crippen molar-refractivity contribution in [3.8, 4) is 0 Å². The van der Waals surface area contributed by atoms with Crippen molar-refractivity contribution < 1.29 is 9.32 Å². The molecule has 8 heteroatoms. The molecule has 0 unspecified atom stereocenters. The Kier molecular flexibility index (Phi) is 12.3. The second kappa shape index (κ2) is 13.0. The minimum absolute atomic E-state index is 0. The number of rotatable bonds is 9. The molecule has 3 N–H and O–H groups in total. The highest BCUT2D eigenvalue weighted by Gasteiger charge is 2.13. The van der Waals surface area contributed by atoms with Crippen molar-refractivity contribution in [1.29, 1.82) is 0 Å². The van der Waals surface area contributed by atoms with Crippen molar-refractivity contribution in [2.24, 2.45) is 4.99 Å². The Hall–Kier alpha value is -1.32. The zero-order valence-electron chi connectivity index (χ0n) is 15.1. The predicted molar refractivity (Wildman–Crippen MR) is 107 cm³/mol. The summed E-state index contributed by atoms with van der Waals surface area (Å²) in [6.07, 6.45) is 2.53. The van der Waals surface area contributed by atoms with Crippen LogP contribution in [0.1, 0.15) is 51.1 Å². The molecule has 1 amide bonds. The first kappa shape index (κ1) is 22.7. The van der Waals surface area contributed by atoms with Crippen LogP contribution in [0.25, 0.3) is 0 Å². The maximum atomic E-state index is 11.7. The third kappa shape index (κ3) is 7.50. The molecular weight excluding hydrogens is 421 g/mol. The van der Waals surface area contributed by atoms with E-state index >= 15 is 0 Å². The van der Waals surface area contributed by atoms with Gasteiger partial charge < -0.3 is 20.5 Å². The third-order valence-corrected chi connectivity index (χ3v) is 3.34. The van der Waals surface area contributed by atoms with Crippen LogP contribution in [0.2, 0.25) is 0 Å². The minimum atomic E-state index is -0.0362. The quantitative estimate of drug-likeness (QED) is 0.304. The van der Waals surface area contributed by atoms with Crippen LogP contribution in [0.5, 0.6) is 0 Å². The SMILES string of the molecule is CCCNC(=O)CNC(=NCc1c(CC)noc1CC)NCC.I. The molecule has 7 nitrogen and oxygen atoms in total. The van der Waals surface area contributed by atoms with Crippen LogP contribution in [0.3, 0.4) is 0 Å². The summed E-state index contributed by atoms with van der Waals surface area (Å²) in [6, 6.07) is 0. The Morgan fingerprint density at radius 1 is 1.12 bits per heavy atom. The number of aryl methyl sites for hydroxylation is 2. The molecule has 0 fully saturated rings. The summed E-state index contributed by atoms with van der Waals surface area (Å²) in [6.45, 7) is 10.2. The van der Waals surface area contributed by atoms with Gasteiger partial charge in [0.2, 0.25) is 5.91 Å². The van der Waals surface area contributed by atoms with E-state index in [0.717, 1.165) is 42.8 Å². The smallest absolute Gasteiger partial charge is 0.239 e. The van der Waals surface area contributed by atoms with Crippen molar-refractivity contribution in [2.75, 3.05) is 19.6 Å². The molecule has 0 radical (unpaired) electrons. The maximum absolute atomic E-state index is 11.7. The number of nitrogens with one attached hydrogen (secondary N) is 3. The van der Waals surface area contributed by atoms with Gasteiger partial charge in [-0.15, -0.1) is 24.0 Å². The van der Waals surface area contributed by atoms with Crippen molar-refractivity contribution >= 4 is 35.8 Å². The molecule has 1 aromatic heterocycles. The van der Waals surface area contributed by atoms with E-state index in [1.165, 1.54) is 0 Å². The predicted octanol–water partition coefficient (Wildman–Crippen LogP) is 2.00. The van der Waals surface area contributed by atoms with Gasteiger partial charge in [-0.25, -0.2) is 4.99 Å². The van der Waals surface area contributed by atoms with Crippen molar-refractivity contribution in [3.63, 3.8) is 0 Å². The number of guanidine groups is 1. The van der Waals surface area contributed by atoms with Crippen LogP contribution in [0, 0.1) is 0 Å². The first-order valence-electron chi connectivity index (χ1n) is 8.41. The van der Waals surface area contributed by atoms with Gasteiger partial charge in [0.05, 0.1) is 18.8 Å². The molecule has 0 spiro atoms. The number of amides is 1. The lowest BCUT2D eigenvalue weighted by atomic mass is 10.1. The summed E-state index contributed by atoms with van der Waals surface area (Å²) in [5, 5.41) is 13.1. The van der Waals surface area contributed by atoms with Crippen LogP contribution in [0.4, 0.5) is 0 Å². The lowest BCUT2D eigenvalue weighted by Crippen LogP contribution is -2.43. The molecule has 0 aliphatic rings. The van der Waals surface area contributed by atoms with Gasteiger partial charge >= 0.3 is 0 Å². The number of carbonyl (C=O) groups is 1. The Morgan fingerprint density at radius 2 is 1.88 bits per heavy atom. The molecule has 0 aromatic carbocycles. The normalized spacial score (nSPS) is 10.9. The molecule has 0 saturated carbocycles. The number of carbonyl (C=O) groups excluding carboxylic acids is 1. The zero-order chi connectivity index (χ0) is 17.1. The molecule has 0 aliphatic carbocycles. The van der Waals surface area contributed by atoms with E-state index in [1.807, 2.05) is 27.7 Å². The Balaban J connectivity index is 0.00000529. The Bertz CT molecular complexity index is 495. The summed E-state index contributed by atoms with van der Waals surface area (Å²) in [5.74, 6) is 1.46. The van der Waals surface area contributed by atoms with Gasteiger partial charge in [-0.1, -0.05) is 25.9 Å². The molecule has 0 aliphatic heterocycles. The lowest BCUT2D eigenvalue weighted by molar-refractivity contribution is -0.120. The van der Waals surface area contributed by atoms with Crippen LogP contribution in [-0.4, -0.2) is 36.7 Å². The van der Waals surface area contributed by atoms with E-state index in [1.54, 1.807) is 0 Å². The van der Waals surface area contributed by atoms with Crippen LogP contribution in [-0.2, 0) is 24.2 Å². The Morgan fingerprint density at radius 3 is 2.46 bits per heavy atom. The summed E-state index contributed by atoms with van der Waals surface area (Å²) in [7, 11) is 0. The molecule has 0 saturated heterocycles. The van der Waals surface area contributed by atoms with Crippen molar-refractivity contribution in [2.45, 2.75) is 53.5 Å². The van der Waals surface area contributed by atoms with E-state index in [-0.39, 0.29) is 36.4 Å². The standard InChI is InChI=1S/C16H29N5O2.HI/c1-5-9-18-15(22)11-20-16(17-8-4)19-10-12-13(6-2)21-23-14(12)7-3;/h5-11H2,1-4H3,(H,18,22)(H2,17,19,20);1H. The topological polar surface area (TPSA) is 91.5 Å². The van der Waals surface area contributed by atoms with E-state index in [2.05, 4.69) is 26.1 Å². The highest BCUT2D eigenvalue weighted by atomic mass is 127. The van der Waals surface area contributed by atoms with E-state index in [4.69, 9.17) is 4.52 Å². The van der Waals surface area contributed by atoms with Crippen molar-refractivity contribution in [1.82, 2.24) is 21.1 Å². The van der Waals surface area contributed by atoms with Crippen LogP contribution >= 0.6 is 24.0 Å². The van der Waals surface area contributed by atoms with Gasteiger partial charge in [-0.05, 0) is 19.8 Å².